The van der Waals surface area contributed by atoms with Crippen molar-refractivity contribution in [2.75, 3.05) is 20.8 Å². The first-order valence-electron chi connectivity index (χ1n) is 8.89. The molecule has 1 aliphatic heterocycles. The summed E-state index contributed by atoms with van der Waals surface area (Å²) < 4.78 is 70.3. The van der Waals surface area contributed by atoms with Gasteiger partial charge >= 0.3 is 12.1 Å². The Labute approximate surface area is 174 Å². The van der Waals surface area contributed by atoms with E-state index in [2.05, 4.69) is 9.84 Å². The molecule has 31 heavy (non-hydrogen) atoms. The molecule has 0 N–H and O–H groups in total. The van der Waals surface area contributed by atoms with Gasteiger partial charge in [-0.15, -0.1) is 0 Å². The lowest BCUT2D eigenvalue weighted by atomic mass is 9.76. The maximum atomic E-state index is 13.8. The van der Waals surface area contributed by atoms with Crippen molar-refractivity contribution in [3.8, 4) is 0 Å². The van der Waals surface area contributed by atoms with E-state index in [0.717, 1.165) is 19.2 Å². The van der Waals surface area contributed by atoms with E-state index in [9.17, 15) is 22.4 Å². The minimum absolute atomic E-state index is 0.0327. The number of carbonyl (C=O) groups is 1. The van der Waals surface area contributed by atoms with E-state index in [-0.39, 0.29) is 29.5 Å². The maximum absolute atomic E-state index is 13.8. The topological polar surface area (TPSA) is 65.4 Å². The van der Waals surface area contributed by atoms with Crippen molar-refractivity contribution < 1.29 is 36.2 Å². The molecule has 6 nitrogen and oxygen atoms in total. The van der Waals surface area contributed by atoms with Gasteiger partial charge in [-0.25, -0.2) is 9.24 Å². The summed E-state index contributed by atoms with van der Waals surface area (Å²) in [6.45, 7) is 7.44. The van der Waals surface area contributed by atoms with Crippen LogP contribution in [0, 0.1) is 18.3 Å². The van der Waals surface area contributed by atoms with Gasteiger partial charge in [0.15, 0.2) is 0 Å². The van der Waals surface area contributed by atoms with Gasteiger partial charge in [-0.05, 0) is 29.8 Å². The Hall–Kier alpha value is -3.45. The molecule has 1 aliphatic rings. The molecule has 0 radical (unpaired) electrons. The predicted molar refractivity (Wildman–Crippen MR) is 101 cm³/mol. The van der Waals surface area contributed by atoms with Gasteiger partial charge in [0, 0.05) is 13.0 Å². The van der Waals surface area contributed by atoms with Crippen molar-refractivity contribution in [1.82, 2.24) is 0 Å². The third kappa shape index (κ3) is 4.22. The molecule has 1 aromatic carbocycles. The van der Waals surface area contributed by atoms with Crippen molar-refractivity contribution in [3.63, 3.8) is 0 Å². The molecule has 0 aliphatic carbocycles. The number of aliphatic imine (C=N–C) groups is 1. The molecule has 162 valence electrons. The zero-order chi connectivity index (χ0) is 22.8. The van der Waals surface area contributed by atoms with Crippen molar-refractivity contribution in [1.29, 1.82) is 0 Å². The number of carbonyl (C=O) groups excluding carboxylic acids is 1. The van der Waals surface area contributed by atoms with Gasteiger partial charge in [-0.3, -0.25) is 9.79 Å². The zero-order valence-electron chi connectivity index (χ0n) is 16.4. The number of benzene rings is 1. The van der Waals surface area contributed by atoms with Crippen LogP contribution in [0.25, 0.3) is 10.5 Å². The molecule has 0 bridgehead atoms. The third-order valence-electron chi connectivity index (χ3n) is 4.76. The summed E-state index contributed by atoms with van der Waals surface area (Å²) in [5.74, 6) is -4.72. The van der Waals surface area contributed by atoms with Crippen LogP contribution in [-0.4, -0.2) is 32.5 Å². The number of rotatable bonds is 5. The second-order valence-corrected chi connectivity index (χ2v) is 6.57. The Morgan fingerprint density at radius 2 is 2.03 bits per heavy atom. The van der Waals surface area contributed by atoms with Gasteiger partial charge < -0.3 is 13.9 Å². The first-order chi connectivity index (χ1) is 14.7. The van der Waals surface area contributed by atoms with E-state index in [1.807, 2.05) is 0 Å². The van der Waals surface area contributed by atoms with E-state index >= 15 is 0 Å². The van der Waals surface area contributed by atoms with Crippen LogP contribution in [0.15, 0.2) is 51.7 Å². The number of allylic oxidation sites excluding steroid dienone is 1. The van der Waals surface area contributed by atoms with Gasteiger partial charge in [0.2, 0.25) is 5.70 Å². The summed E-state index contributed by atoms with van der Waals surface area (Å²) in [4.78, 5) is 20.4. The number of nitrogens with zero attached hydrogens (tertiary/aromatic N) is 2. The SMILES string of the molecule is [C-]#[N+]C1=C(c2ccco2)N=C(COC)C(C(=O)OC)C1c1ccc(F)cc1C(F)(F)F. The fourth-order valence-corrected chi connectivity index (χ4v) is 3.53. The summed E-state index contributed by atoms with van der Waals surface area (Å²) >= 11 is 0. The first kappa shape index (κ1) is 22.2. The lowest BCUT2D eigenvalue weighted by Crippen LogP contribution is -2.37. The van der Waals surface area contributed by atoms with Crippen molar-refractivity contribution in [2.24, 2.45) is 10.9 Å². The first-order valence-corrected chi connectivity index (χ1v) is 8.89. The number of esters is 1. The summed E-state index contributed by atoms with van der Waals surface area (Å²) in [6.07, 6.45) is -3.62. The Bertz CT molecular complexity index is 1080. The summed E-state index contributed by atoms with van der Waals surface area (Å²) in [7, 11) is 2.40. The number of ether oxygens (including phenoxy) is 2. The number of alkyl halides is 3. The maximum Gasteiger partial charge on any atom is 0.416 e. The van der Waals surface area contributed by atoms with Gasteiger partial charge in [-0.2, -0.15) is 13.2 Å². The molecular formula is C21H16F4N2O4. The van der Waals surface area contributed by atoms with Crippen molar-refractivity contribution >= 4 is 17.4 Å². The number of halogens is 4. The third-order valence-corrected chi connectivity index (χ3v) is 4.76. The van der Waals surface area contributed by atoms with Crippen LogP contribution in [0.4, 0.5) is 17.6 Å². The molecule has 3 rings (SSSR count). The second-order valence-electron chi connectivity index (χ2n) is 6.57. The molecular weight excluding hydrogens is 420 g/mol. The van der Waals surface area contributed by atoms with Gasteiger partial charge in [0.1, 0.15) is 17.3 Å². The van der Waals surface area contributed by atoms with Crippen LogP contribution in [0.3, 0.4) is 0 Å². The largest absolute Gasteiger partial charge is 0.469 e. The molecule has 10 heteroatoms. The van der Waals surface area contributed by atoms with Crippen molar-refractivity contribution in [3.05, 3.63) is 76.4 Å². The second kappa shape index (κ2) is 8.73. The molecule has 2 aromatic rings. The predicted octanol–water partition coefficient (Wildman–Crippen LogP) is 4.70. The highest BCUT2D eigenvalue weighted by atomic mass is 19.4. The lowest BCUT2D eigenvalue weighted by molar-refractivity contribution is -0.144. The summed E-state index contributed by atoms with van der Waals surface area (Å²) in [6, 6.07) is 5.10. The number of furan rings is 1. The molecule has 0 saturated heterocycles. The highest BCUT2D eigenvalue weighted by Gasteiger charge is 2.46. The molecule has 1 aromatic heterocycles. The molecule has 0 spiro atoms. The van der Waals surface area contributed by atoms with Crippen LogP contribution in [0.1, 0.15) is 22.8 Å². The summed E-state index contributed by atoms with van der Waals surface area (Å²) in [5, 5.41) is 0. The monoisotopic (exact) mass is 436 g/mol. The Morgan fingerprint density at radius 3 is 2.58 bits per heavy atom. The van der Waals surface area contributed by atoms with E-state index in [4.69, 9.17) is 20.5 Å². The van der Waals surface area contributed by atoms with E-state index in [1.165, 1.54) is 25.5 Å². The van der Waals surface area contributed by atoms with Gasteiger partial charge in [0.05, 0.1) is 43.7 Å². The lowest BCUT2D eigenvalue weighted by Gasteiger charge is -2.32. The van der Waals surface area contributed by atoms with Crippen LogP contribution >= 0.6 is 0 Å². The quantitative estimate of drug-likeness (QED) is 0.387. The fourth-order valence-electron chi connectivity index (χ4n) is 3.53. The number of methoxy groups -OCH3 is 2. The van der Waals surface area contributed by atoms with Gasteiger partial charge in [-0.1, -0.05) is 6.07 Å². The molecule has 2 unspecified atom stereocenters. The average Bonchev–Trinajstić information content (AvgIpc) is 3.26. The fraction of sp³-hybridized carbons (Fsp3) is 0.286. The van der Waals surface area contributed by atoms with Crippen LogP contribution in [0.2, 0.25) is 0 Å². The highest BCUT2D eigenvalue weighted by Crippen LogP contribution is 2.47. The molecule has 2 atom stereocenters. The smallest absolute Gasteiger partial charge is 0.416 e. The normalized spacial score (nSPS) is 19.1. The minimum atomic E-state index is -4.94. The minimum Gasteiger partial charge on any atom is -0.469 e. The van der Waals surface area contributed by atoms with Crippen LogP contribution in [-0.2, 0) is 20.4 Å². The van der Waals surface area contributed by atoms with E-state index in [1.54, 1.807) is 0 Å². The number of hydrogen-bond acceptors (Lipinski definition) is 5. The zero-order valence-corrected chi connectivity index (χ0v) is 16.4. The van der Waals surface area contributed by atoms with E-state index < -0.39 is 40.9 Å². The molecule has 0 fully saturated rings. The van der Waals surface area contributed by atoms with Crippen LogP contribution in [0.5, 0.6) is 0 Å². The standard InChI is InChI=1S/C21H16F4N2O4/c1-26-19-16(12-7-6-11(22)9-13(12)21(23,24)25)17(20(28)30-3)14(10-29-2)27-18(19)15-5-4-8-31-15/h4-9,16-17H,10H2,2-3H3. The Balaban J connectivity index is 2.37. The van der Waals surface area contributed by atoms with Crippen LogP contribution < -0.4 is 0 Å². The van der Waals surface area contributed by atoms with Crippen molar-refractivity contribution in [2.45, 2.75) is 12.1 Å². The Morgan fingerprint density at radius 1 is 1.29 bits per heavy atom. The average molecular weight is 436 g/mol. The van der Waals surface area contributed by atoms with Gasteiger partial charge in [0.25, 0.3) is 0 Å². The molecule has 0 amide bonds. The van der Waals surface area contributed by atoms with E-state index in [0.29, 0.717) is 6.07 Å². The number of hydrogen-bond donors (Lipinski definition) is 0. The summed E-state index contributed by atoms with van der Waals surface area (Å²) in [5.41, 5.74) is -2.00. The highest BCUT2D eigenvalue weighted by molar-refractivity contribution is 6.08. The molecule has 0 saturated carbocycles. The molecule has 2 heterocycles. The Kier molecular flexibility index (Phi) is 6.27.